The Morgan fingerprint density at radius 3 is 2.94 bits per heavy atom. The summed E-state index contributed by atoms with van der Waals surface area (Å²) >= 11 is 0. The zero-order valence-electron chi connectivity index (χ0n) is 9.60. The fourth-order valence-electron chi connectivity index (χ4n) is 1.43. The summed E-state index contributed by atoms with van der Waals surface area (Å²) in [6, 6.07) is 3.81. The second-order valence-corrected chi connectivity index (χ2v) is 3.57. The molecule has 2 rings (SSSR count). The van der Waals surface area contributed by atoms with Gasteiger partial charge in [0.25, 0.3) is 0 Å². The van der Waals surface area contributed by atoms with Crippen LogP contribution in [0.15, 0.2) is 30.7 Å². The highest BCUT2D eigenvalue weighted by Gasteiger charge is 2.05. The molecule has 2 aromatic rings. The zero-order valence-corrected chi connectivity index (χ0v) is 9.60. The monoisotopic (exact) mass is 248 g/mol. The maximum Gasteiger partial charge on any atom is 0.239 e. The number of nitrogens with zero attached hydrogens (tertiary/aromatic N) is 3. The molecule has 0 saturated heterocycles. The van der Waals surface area contributed by atoms with Crippen molar-refractivity contribution in [1.82, 2.24) is 15.0 Å². The van der Waals surface area contributed by atoms with E-state index in [1.165, 1.54) is 0 Å². The van der Waals surface area contributed by atoms with E-state index in [4.69, 9.17) is 5.84 Å². The van der Waals surface area contributed by atoms with E-state index in [9.17, 15) is 4.39 Å². The lowest BCUT2D eigenvalue weighted by atomic mass is 10.2. The molecule has 0 fully saturated rings. The van der Waals surface area contributed by atoms with Crippen LogP contribution in [0.25, 0.3) is 0 Å². The molecule has 0 spiro atoms. The van der Waals surface area contributed by atoms with Crippen LogP contribution in [-0.4, -0.2) is 21.5 Å². The lowest BCUT2D eigenvalue weighted by Gasteiger charge is -2.07. The first-order valence-corrected chi connectivity index (χ1v) is 5.41. The van der Waals surface area contributed by atoms with Gasteiger partial charge in [-0.15, -0.1) is 0 Å². The third kappa shape index (κ3) is 3.11. The first-order valence-electron chi connectivity index (χ1n) is 5.41. The Kier molecular flexibility index (Phi) is 3.98. The molecular formula is C11H13FN6. The average Bonchev–Trinajstić information content (AvgIpc) is 2.42. The number of hydrogen-bond acceptors (Lipinski definition) is 6. The van der Waals surface area contributed by atoms with Gasteiger partial charge in [-0.1, -0.05) is 6.07 Å². The summed E-state index contributed by atoms with van der Waals surface area (Å²) in [5.74, 6) is 4.93. The number of hydrazine groups is 1. The predicted molar refractivity (Wildman–Crippen MR) is 66.2 cm³/mol. The van der Waals surface area contributed by atoms with E-state index in [0.717, 1.165) is 18.2 Å². The number of nitrogens with one attached hydrogen (secondary N) is 2. The standard InChI is InChI=1S/C11H13FN6/c12-9-7-16-11(18-13)17-10(9)15-5-3-8-2-1-4-14-6-8/h1-2,4,6-7H,3,5,13H2,(H2,15,16,17,18). The Labute approximate surface area is 103 Å². The highest BCUT2D eigenvalue weighted by molar-refractivity contribution is 5.40. The van der Waals surface area contributed by atoms with E-state index in [1.54, 1.807) is 12.4 Å². The number of anilines is 2. The topological polar surface area (TPSA) is 88.8 Å². The largest absolute Gasteiger partial charge is 0.367 e. The quantitative estimate of drug-likeness (QED) is 0.539. The van der Waals surface area contributed by atoms with Crippen molar-refractivity contribution in [2.24, 2.45) is 5.84 Å². The van der Waals surface area contributed by atoms with Gasteiger partial charge in [0.1, 0.15) is 0 Å². The van der Waals surface area contributed by atoms with Crippen LogP contribution in [0.3, 0.4) is 0 Å². The van der Waals surface area contributed by atoms with Gasteiger partial charge in [0.15, 0.2) is 11.6 Å². The van der Waals surface area contributed by atoms with Crippen LogP contribution in [0.4, 0.5) is 16.2 Å². The van der Waals surface area contributed by atoms with E-state index in [1.807, 2.05) is 12.1 Å². The van der Waals surface area contributed by atoms with E-state index in [2.05, 4.69) is 25.7 Å². The molecule has 0 atom stereocenters. The van der Waals surface area contributed by atoms with Gasteiger partial charge in [-0.05, 0) is 18.1 Å². The molecule has 7 heteroatoms. The number of pyridine rings is 1. The van der Waals surface area contributed by atoms with Gasteiger partial charge < -0.3 is 5.32 Å². The van der Waals surface area contributed by atoms with Crippen LogP contribution in [0, 0.1) is 5.82 Å². The molecule has 0 aliphatic heterocycles. The number of nitrogen functional groups attached to an aromatic ring is 1. The summed E-state index contributed by atoms with van der Waals surface area (Å²) in [4.78, 5) is 11.5. The van der Waals surface area contributed by atoms with Crippen molar-refractivity contribution in [2.45, 2.75) is 6.42 Å². The van der Waals surface area contributed by atoms with Gasteiger partial charge in [0, 0.05) is 18.9 Å². The Hall–Kier alpha value is -2.28. The lowest BCUT2D eigenvalue weighted by Crippen LogP contribution is -2.14. The fourth-order valence-corrected chi connectivity index (χ4v) is 1.43. The van der Waals surface area contributed by atoms with Crippen molar-refractivity contribution in [1.29, 1.82) is 0 Å². The van der Waals surface area contributed by atoms with Gasteiger partial charge >= 0.3 is 0 Å². The van der Waals surface area contributed by atoms with Crippen molar-refractivity contribution >= 4 is 11.8 Å². The molecule has 0 bridgehead atoms. The first-order chi connectivity index (χ1) is 8.79. The molecular weight excluding hydrogens is 235 g/mol. The Morgan fingerprint density at radius 1 is 1.33 bits per heavy atom. The minimum absolute atomic E-state index is 0.127. The van der Waals surface area contributed by atoms with Crippen molar-refractivity contribution in [3.05, 3.63) is 42.1 Å². The molecule has 0 amide bonds. The Balaban J connectivity index is 1.94. The average molecular weight is 248 g/mol. The summed E-state index contributed by atoms with van der Waals surface area (Å²) < 4.78 is 13.4. The molecule has 0 aromatic carbocycles. The summed E-state index contributed by atoms with van der Waals surface area (Å²) in [5.41, 5.74) is 3.33. The van der Waals surface area contributed by atoms with E-state index in [-0.39, 0.29) is 11.8 Å². The molecule has 0 aliphatic carbocycles. The summed E-state index contributed by atoms with van der Waals surface area (Å²) in [5, 5.41) is 2.89. The predicted octanol–water partition coefficient (Wildman–Crippen LogP) is 0.951. The highest BCUT2D eigenvalue weighted by Crippen LogP contribution is 2.11. The van der Waals surface area contributed by atoms with Crippen molar-refractivity contribution < 1.29 is 4.39 Å². The number of nitrogens with two attached hydrogens (primary N) is 1. The first kappa shape index (κ1) is 12.2. The molecule has 0 saturated carbocycles. The van der Waals surface area contributed by atoms with Gasteiger partial charge in [-0.2, -0.15) is 4.98 Å². The second kappa shape index (κ2) is 5.87. The van der Waals surface area contributed by atoms with Crippen LogP contribution in [-0.2, 0) is 6.42 Å². The van der Waals surface area contributed by atoms with Crippen LogP contribution in [0.2, 0.25) is 0 Å². The summed E-state index contributed by atoms with van der Waals surface area (Å²) in [7, 11) is 0. The fraction of sp³-hybridized carbons (Fsp3) is 0.182. The second-order valence-electron chi connectivity index (χ2n) is 3.57. The van der Waals surface area contributed by atoms with Crippen molar-refractivity contribution in [3.8, 4) is 0 Å². The van der Waals surface area contributed by atoms with Gasteiger partial charge in [0.2, 0.25) is 5.95 Å². The molecule has 2 aromatic heterocycles. The molecule has 18 heavy (non-hydrogen) atoms. The Morgan fingerprint density at radius 2 is 2.22 bits per heavy atom. The normalized spacial score (nSPS) is 10.1. The van der Waals surface area contributed by atoms with E-state index in [0.29, 0.717) is 6.54 Å². The third-order valence-corrected chi connectivity index (χ3v) is 2.30. The zero-order chi connectivity index (χ0) is 12.8. The molecule has 0 aliphatic rings. The maximum atomic E-state index is 13.4. The van der Waals surface area contributed by atoms with E-state index < -0.39 is 5.82 Å². The minimum atomic E-state index is -0.514. The molecule has 0 radical (unpaired) electrons. The third-order valence-electron chi connectivity index (χ3n) is 2.30. The van der Waals surface area contributed by atoms with Gasteiger partial charge in [-0.3, -0.25) is 10.4 Å². The smallest absolute Gasteiger partial charge is 0.239 e. The van der Waals surface area contributed by atoms with E-state index >= 15 is 0 Å². The Bertz CT molecular complexity index is 504. The molecule has 6 nitrogen and oxygen atoms in total. The van der Waals surface area contributed by atoms with Crippen molar-refractivity contribution in [2.75, 3.05) is 17.3 Å². The van der Waals surface area contributed by atoms with Crippen LogP contribution >= 0.6 is 0 Å². The lowest BCUT2D eigenvalue weighted by molar-refractivity contribution is 0.617. The maximum absolute atomic E-state index is 13.4. The van der Waals surface area contributed by atoms with Crippen LogP contribution in [0.1, 0.15) is 5.56 Å². The highest BCUT2D eigenvalue weighted by atomic mass is 19.1. The van der Waals surface area contributed by atoms with Crippen LogP contribution < -0.4 is 16.6 Å². The molecule has 4 N–H and O–H groups in total. The van der Waals surface area contributed by atoms with Crippen molar-refractivity contribution in [3.63, 3.8) is 0 Å². The number of hydrogen-bond donors (Lipinski definition) is 3. The molecule has 94 valence electrons. The number of aromatic nitrogens is 3. The summed E-state index contributed by atoms with van der Waals surface area (Å²) in [6.45, 7) is 0.545. The number of halogens is 1. The SMILES string of the molecule is NNc1ncc(F)c(NCCc2cccnc2)n1. The van der Waals surface area contributed by atoms with Gasteiger partial charge in [-0.25, -0.2) is 15.2 Å². The summed E-state index contributed by atoms with van der Waals surface area (Å²) in [6.07, 6.45) is 5.27. The number of rotatable bonds is 5. The van der Waals surface area contributed by atoms with Crippen LogP contribution in [0.5, 0.6) is 0 Å². The minimum Gasteiger partial charge on any atom is -0.367 e. The molecule has 0 unspecified atom stereocenters. The molecule has 2 heterocycles. The van der Waals surface area contributed by atoms with Gasteiger partial charge in [0.05, 0.1) is 6.20 Å².